The number of hydrogen-bond donors (Lipinski definition) is 1. The van der Waals surface area contributed by atoms with Gasteiger partial charge in [-0.05, 0) is 13.8 Å². The number of rotatable bonds is 4. The Morgan fingerprint density at radius 3 is 2.63 bits per heavy atom. The number of aldehydes is 1. The summed E-state index contributed by atoms with van der Waals surface area (Å²) in [5.41, 5.74) is 0.199. The number of amides is 1. The van der Waals surface area contributed by atoms with Gasteiger partial charge in [-0.2, -0.15) is 5.06 Å². The molecule has 2 atom stereocenters. The van der Waals surface area contributed by atoms with Crippen LogP contribution in [-0.2, 0) is 19.2 Å². The first kappa shape index (κ1) is 15.3. The quantitative estimate of drug-likeness (QED) is 0.427. The summed E-state index contributed by atoms with van der Waals surface area (Å²) < 4.78 is 0. The fourth-order valence-corrected chi connectivity index (χ4v) is 1.85. The predicted octanol–water partition coefficient (Wildman–Crippen LogP) is -0.355. The van der Waals surface area contributed by atoms with Gasteiger partial charge in [-0.15, -0.1) is 0 Å². The van der Waals surface area contributed by atoms with Crippen molar-refractivity contribution >= 4 is 18.2 Å². The largest absolute Gasteiger partial charge is 0.358 e. The fraction of sp³-hybridized carbons (Fsp3) is 0.583. The Balaban J connectivity index is 2.81. The van der Waals surface area contributed by atoms with E-state index in [2.05, 4.69) is 11.9 Å². The Hall–Kier alpha value is -1.73. The zero-order valence-electron chi connectivity index (χ0n) is 11.4. The van der Waals surface area contributed by atoms with Gasteiger partial charge in [-0.25, -0.2) is 4.79 Å². The Kier molecular flexibility index (Phi) is 5.20. The summed E-state index contributed by atoms with van der Waals surface area (Å²) >= 11 is 0. The number of nitrogens with zero attached hydrogens (tertiary/aromatic N) is 2. The van der Waals surface area contributed by atoms with Crippen molar-refractivity contribution in [2.24, 2.45) is 0 Å². The predicted molar refractivity (Wildman–Crippen MR) is 67.4 cm³/mol. The molecule has 1 N–H and O–H groups in total. The molecule has 1 aliphatic heterocycles. The number of carbonyl (C=O) groups excluding carboxylic acids is 3. The van der Waals surface area contributed by atoms with Crippen molar-refractivity contribution in [3.63, 3.8) is 0 Å². The lowest BCUT2D eigenvalue weighted by Gasteiger charge is -2.34. The van der Waals surface area contributed by atoms with Crippen LogP contribution in [-0.4, -0.2) is 53.5 Å². The minimum Gasteiger partial charge on any atom is -0.332 e. The first-order valence-electron chi connectivity index (χ1n) is 6.00. The molecule has 0 radical (unpaired) electrons. The third kappa shape index (κ3) is 3.62. The van der Waals surface area contributed by atoms with Crippen molar-refractivity contribution in [3.8, 4) is 0 Å². The topological polar surface area (TPSA) is 79.0 Å². The van der Waals surface area contributed by atoms with E-state index in [9.17, 15) is 14.4 Å². The maximum atomic E-state index is 11.6. The monoisotopic (exact) mass is 269 g/mol. The molecule has 2 unspecified atom stereocenters. The highest BCUT2D eigenvalue weighted by molar-refractivity contribution is 5.88. The van der Waals surface area contributed by atoms with Crippen LogP contribution in [0, 0.1) is 0 Å². The van der Waals surface area contributed by atoms with Crippen LogP contribution in [0.4, 0.5) is 0 Å². The Morgan fingerprint density at radius 1 is 1.53 bits per heavy atom. The smallest absolute Gasteiger partial charge is 0.332 e. The molecule has 1 heterocycles. The van der Waals surface area contributed by atoms with Gasteiger partial charge in [0.2, 0.25) is 0 Å². The SMILES string of the molecule is C=C(C)C(=O)ON(C(C)=O)C(C)N1CCNC1C=O. The van der Waals surface area contributed by atoms with Crippen LogP contribution in [0.15, 0.2) is 12.2 Å². The Bertz CT molecular complexity index is 396. The Morgan fingerprint density at radius 2 is 2.16 bits per heavy atom. The summed E-state index contributed by atoms with van der Waals surface area (Å²) in [7, 11) is 0. The second kappa shape index (κ2) is 6.44. The molecule has 0 aromatic carbocycles. The molecule has 0 aromatic rings. The highest BCUT2D eigenvalue weighted by Crippen LogP contribution is 2.13. The van der Waals surface area contributed by atoms with Crippen molar-refractivity contribution in [1.29, 1.82) is 0 Å². The standard InChI is InChI=1S/C12H19N3O4/c1-8(2)12(18)19-15(10(4)17)9(3)14-6-5-13-11(14)7-16/h7,9,11,13H,1,5-6H2,2-4H3. The second-order valence-electron chi connectivity index (χ2n) is 4.41. The molecule has 0 saturated carbocycles. The van der Waals surface area contributed by atoms with E-state index in [0.717, 1.165) is 11.3 Å². The van der Waals surface area contributed by atoms with Gasteiger partial charge in [-0.1, -0.05) is 6.58 Å². The average Bonchev–Trinajstić information content (AvgIpc) is 2.82. The van der Waals surface area contributed by atoms with E-state index in [1.165, 1.54) is 13.8 Å². The zero-order chi connectivity index (χ0) is 14.6. The maximum Gasteiger partial charge on any atom is 0.358 e. The number of hydroxylamine groups is 2. The van der Waals surface area contributed by atoms with Gasteiger partial charge >= 0.3 is 5.97 Å². The first-order valence-corrected chi connectivity index (χ1v) is 6.00. The van der Waals surface area contributed by atoms with Gasteiger partial charge in [-0.3, -0.25) is 15.0 Å². The van der Waals surface area contributed by atoms with Crippen molar-refractivity contribution in [1.82, 2.24) is 15.3 Å². The summed E-state index contributed by atoms with van der Waals surface area (Å²) in [4.78, 5) is 40.7. The van der Waals surface area contributed by atoms with E-state index in [4.69, 9.17) is 4.84 Å². The molecule has 7 heteroatoms. The third-order valence-electron chi connectivity index (χ3n) is 2.87. The number of nitrogens with one attached hydrogen (secondary N) is 1. The van der Waals surface area contributed by atoms with E-state index < -0.39 is 24.2 Å². The van der Waals surface area contributed by atoms with E-state index in [-0.39, 0.29) is 5.57 Å². The summed E-state index contributed by atoms with van der Waals surface area (Å²) in [6.07, 6.45) is -0.270. The molecule has 1 fully saturated rings. The van der Waals surface area contributed by atoms with Gasteiger partial charge in [0.15, 0.2) is 6.29 Å². The van der Waals surface area contributed by atoms with E-state index in [1.807, 2.05) is 0 Å². The minimum absolute atomic E-state index is 0.199. The molecule has 1 aliphatic rings. The molecule has 19 heavy (non-hydrogen) atoms. The molecule has 106 valence electrons. The molecule has 7 nitrogen and oxygen atoms in total. The minimum atomic E-state index is -0.670. The summed E-state index contributed by atoms with van der Waals surface area (Å²) in [5, 5.41) is 3.93. The lowest BCUT2D eigenvalue weighted by Crippen LogP contribution is -2.53. The van der Waals surface area contributed by atoms with Crippen molar-refractivity contribution in [3.05, 3.63) is 12.2 Å². The highest BCUT2D eigenvalue weighted by atomic mass is 16.7. The third-order valence-corrected chi connectivity index (χ3v) is 2.87. The van der Waals surface area contributed by atoms with Crippen LogP contribution in [0.1, 0.15) is 20.8 Å². The van der Waals surface area contributed by atoms with E-state index in [0.29, 0.717) is 13.1 Å². The highest BCUT2D eigenvalue weighted by Gasteiger charge is 2.34. The second-order valence-corrected chi connectivity index (χ2v) is 4.41. The fourth-order valence-electron chi connectivity index (χ4n) is 1.85. The first-order chi connectivity index (χ1) is 8.88. The molecule has 0 aromatic heterocycles. The lowest BCUT2D eigenvalue weighted by molar-refractivity contribution is -0.215. The average molecular weight is 269 g/mol. The van der Waals surface area contributed by atoms with Crippen LogP contribution < -0.4 is 5.32 Å². The van der Waals surface area contributed by atoms with Crippen molar-refractivity contribution < 1.29 is 19.2 Å². The zero-order valence-corrected chi connectivity index (χ0v) is 11.4. The maximum absolute atomic E-state index is 11.6. The molecule has 0 bridgehead atoms. The number of carbonyl (C=O) groups is 3. The lowest BCUT2D eigenvalue weighted by atomic mass is 10.3. The van der Waals surface area contributed by atoms with Crippen molar-refractivity contribution in [2.45, 2.75) is 33.1 Å². The molecule has 1 amide bonds. The molecule has 0 spiro atoms. The Labute approximate surface area is 112 Å². The summed E-state index contributed by atoms with van der Waals surface area (Å²) in [6.45, 7) is 9.16. The van der Waals surface area contributed by atoms with Gasteiger partial charge in [0.05, 0.1) is 0 Å². The van der Waals surface area contributed by atoms with E-state index >= 15 is 0 Å². The van der Waals surface area contributed by atoms with E-state index in [1.54, 1.807) is 11.8 Å². The molecular weight excluding hydrogens is 250 g/mol. The van der Waals surface area contributed by atoms with Crippen LogP contribution in [0.5, 0.6) is 0 Å². The van der Waals surface area contributed by atoms with Crippen LogP contribution in [0.3, 0.4) is 0 Å². The van der Waals surface area contributed by atoms with Gasteiger partial charge < -0.3 is 9.63 Å². The van der Waals surface area contributed by atoms with Crippen LogP contribution >= 0.6 is 0 Å². The molecule has 0 aliphatic carbocycles. The molecule has 1 saturated heterocycles. The van der Waals surface area contributed by atoms with Crippen LogP contribution in [0.2, 0.25) is 0 Å². The van der Waals surface area contributed by atoms with Crippen LogP contribution in [0.25, 0.3) is 0 Å². The summed E-state index contributed by atoms with van der Waals surface area (Å²) in [5.74, 6) is -1.09. The normalized spacial score (nSPS) is 20.7. The van der Waals surface area contributed by atoms with Gasteiger partial charge in [0.25, 0.3) is 5.91 Å². The molecular formula is C12H19N3O4. The van der Waals surface area contributed by atoms with Gasteiger partial charge in [0, 0.05) is 25.6 Å². The number of hydrogen-bond acceptors (Lipinski definition) is 6. The van der Waals surface area contributed by atoms with Crippen molar-refractivity contribution in [2.75, 3.05) is 13.1 Å². The summed E-state index contributed by atoms with van der Waals surface area (Å²) in [6, 6.07) is 0. The van der Waals surface area contributed by atoms with Gasteiger partial charge in [0.1, 0.15) is 12.3 Å². The molecule has 1 rings (SSSR count).